The van der Waals surface area contributed by atoms with Crippen molar-refractivity contribution in [2.24, 2.45) is 0 Å². The van der Waals surface area contributed by atoms with E-state index in [2.05, 4.69) is 14.2 Å². The minimum atomic E-state index is -0.269. The molecule has 6 heteroatoms. The van der Waals surface area contributed by atoms with Gasteiger partial charge in [-0.25, -0.2) is 4.79 Å². The summed E-state index contributed by atoms with van der Waals surface area (Å²) in [6.07, 6.45) is 1.62. The number of anilines is 1. The van der Waals surface area contributed by atoms with Gasteiger partial charge in [0.05, 0.1) is 20.8 Å². The number of rotatable bonds is 1. The highest BCUT2D eigenvalue weighted by molar-refractivity contribution is 6.41. The van der Waals surface area contributed by atoms with Gasteiger partial charge in [0.15, 0.2) is 0 Å². The molecule has 0 atom stereocenters. The van der Waals surface area contributed by atoms with E-state index in [-0.39, 0.29) is 5.69 Å². The maximum absolute atomic E-state index is 10.6. The van der Waals surface area contributed by atoms with Crippen LogP contribution in [0.3, 0.4) is 0 Å². The average molecular weight is 171 g/mol. The fourth-order valence-electron chi connectivity index (χ4n) is 0.610. The van der Waals surface area contributed by atoms with Crippen LogP contribution in [0.4, 0.5) is 5.82 Å². The molecule has 4 nitrogen and oxygen atoms in total. The summed E-state index contributed by atoms with van der Waals surface area (Å²) in [4.78, 5) is 16.9. The molecule has 1 N–H and O–H groups in total. The summed E-state index contributed by atoms with van der Waals surface area (Å²) >= 11 is 0. The fourth-order valence-corrected chi connectivity index (χ4v) is 1.11. The van der Waals surface area contributed by atoms with Gasteiger partial charge >= 0.3 is 5.69 Å². The van der Waals surface area contributed by atoms with Gasteiger partial charge in [0.25, 0.3) is 0 Å². The van der Waals surface area contributed by atoms with Crippen molar-refractivity contribution in [1.29, 1.82) is 0 Å². The third kappa shape index (κ3) is 1.55. The number of hydrogen-bond acceptors (Lipinski definition) is 3. The van der Waals surface area contributed by atoms with Crippen molar-refractivity contribution in [3.8, 4) is 0 Å². The lowest BCUT2D eigenvalue weighted by molar-refractivity contribution is 1.07. The van der Waals surface area contributed by atoms with Crippen molar-refractivity contribution in [2.75, 3.05) is 4.23 Å². The predicted octanol–water partition coefficient (Wildman–Crippen LogP) is -2.86. The molecule has 0 aliphatic rings. The van der Waals surface area contributed by atoms with Gasteiger partial charge in [0, 0.05) is 6.20 Å². The molecular formula is C4H9N3OSi2. The second-order valence-corrected chi connectivity index (χ2v) is 6.62. The first-order chi connectivity index (χ1) is 4.70. The lowest BCUT2D eigenvalue weighted by Crippen LogP contribution is -2.20. The molecule has 1 aromatic heterocycles. The van der Waals surface area contributed by atoms with Crippen molar-refractivity contribution in [3.05, 3.63) is 22.7 Å². The molecule has 1 heterocycles. The van der Waals surface area contributed by atoms with Gasteiger partial charge in [-0.15, -0.1) is 0 Å². The topological polar surface area (TPSA) is 49.0 Å². The molecule has 0 saturated heterocycles. The molecule has 0 radical (unpaired) electrons. The molecule has 0 unspecified atom stereocenters. The number of nitrogens with one attached hydrogen (secondary N) is 1. The zero-order valence-electron chi connectivity index (χ0n) is 5.96. The van der Waals surface area contributed by atoms with E-state index in [1.165, 1.54) is 0 Å². The van der Waals surface area contributed by atoms with Crippen LogP contribution in [-0.4, -0.2) is 30.8 Å². The smallest absolute Gasteiger partial charge is 0.346 e. The quantitative estimate of drug-likeness (QED) is 0.462. The SMILES string of the molecule is O=c1nc(N([SiH3])[SiH3])cc[nH]1. The number of H-pyrrole nitrogens is 1. The molecule has 0 saturated carbocycles. The van der Waals surface area contributed by atoms with Gasteiger partial charge in [-0.1, -0.05) is 0 Å². The summed E-state index contributed by atoms with van der Waals surface area (Å²) in [6, 6.07) is 1.81. The first-order valence-electron chi connectivity index (χ1n) is 2.93. The summed E-state index contributed by atoms with van der Waals surface area (Å²) in [7, 11) is 1.87. The van der Waals surface area contributed by atoms with E-state index >= 15 is 0 Å². The largest absolute Gasteiger partial charge is 0.424 e. The van der Waals surface area contributed by atoms with E-state index in [0.29, 0.717) is 0 Å². The molecule has 0 spiro atoms. The van der Waals surface area contributed by atoms with Crippen molar-refractivity contribution in [2.45, 2.75) is 0 Å². The highest BCUT2D eigenvalue weighted by atomic mass is 28.2. The summed E-state index contributed by atoms with van der Waals surface area (Å²) in [6.45, 7) is 0. The molecule has 0 aliphatic carbocycles. The molecule has 1 aromatic rings. The Bertz CT molecular complexity index is 271. The Hall–Kier alpha value is -0.886. The van der Waals surface area contributed by atoms with Gasteiger partial charge < -0.3 is 9.22 Å². The van der Waals surface area contributed by atoms with Crippen LogP contribution in [0.15, 0.2) is 17.1 Å². The second-order valence-electron chi connectivity index (χ2n) is 2.15. The highest BCUT2D eigenvalue weighted by Crippen LogP contribution is 1.97. The normalized spacial score (nSPS) is 10.0. The minimum Gasteiger partial charge on any atom is -0.424 e. The number of nitrogens with zero attached hydrogens (tertiary/aromatic N) is 2. The van der Waals surface area contributed by atoms with Crippen molar-refractivity contribution >= 4 is 26.6 Å². The Kier molecular flexibility index (Phi) is 2.02. The first-order valence-corrected chi connectivity index (χ1v) is 4.72. The average Bonchev–Trinajstić information content (AvgIpc) is 1.88. The highest BCUT2D eigenvalue weighted by Gasteiger charge is 1.93. The molecule has 0 bridgehead atoms. The predicted molar refractivity (Wildman–Crippen MR) is 47.2 cm³/mol. The summed E-state index contributed by atoms with van der Waals surface area (Å²) in [5, 5.41) is 0. The molecule has 0 aliphatic heterocycles. The maximum Gasteiger partial charge on any atom is 0.346 e. The van der Waals surface area contributed by atoms with E-state index in [1.807, 2.05) is 0 Å². The van der Waals surface area contributed by atoms with Crippen LogP contribution in [-0.2, 0) is 0 Å². The van der Waals surface area contributed by atoms with E-state index in [4.69, 9.17) is 0 Å². The molecule has 1 rings (SSSR count). The van der Waals surface area contributed by atoms with Crippen LogP contribution in [0.2, 0.25) is 0 Å². The van der Waals surface area contributed by atoms with Crippen LogP contribution in [0.25, 0.3) is 0 Å². The van der Waals surface area contributed by atoms with Crippen LogP contribution < -0.4 is 9.92 Å². The zero-order chi connectivity index (χ0) is 7.56. The zero-order valence-corrected chi connectivity index (χ0v) is 9.96. The molecule has 10 heavy (non-hydrogen) atoms. The lowest BCUT2D eigenvalue weighted by atomic mass is 10.6. The van der Waals surface area contributed by atoms with Crippen molar-refractivity contribution in [3.63, 3.8) is 0 Å². The first kappa shape index (κ1) is 7.22. The van der Waals surface area contributed by atoms with Crippen molar-refractivity contribution < 1.29 is 0 Å². The van der Waals surface area contributed by atoms with Gasteiger partial charge in [-0.2, -0.15) is 4.98 Å². The number of aromatic nitrogens is 2. The second kappa shape index (κ2) is 2.80. The van der Waals surface area contributed by atoms with Gasteiger partial charge in [-0.3, -0.25) is 0 Å². The molecule has 54 valence electrons. The molecular weight excluding hydrogens is 162 g/mol. The number of hydrogen-bond donors (Lipinski definition) is 1. The van der Waals surface area contributed by atoms with Gasteiger partial charge in [0.2, 0.25) is 0 Å². The van der Waals surface area contributed by atoms with E-state index in [0.717, 1.165) is 26.6 Å². The Morgan fingerprint density at radius 2 is 2.30 bits per heavy atom. The van der Waals surface area contributed by atoms with Crippen LogP contribution >= 0.6 is 0 Å². The van der Waals surface area contributed by atoms with Crippen LogP contribution in [0.5, 0.6) is 0 Å². The molecule has 0 fully saturated rings. The third-order valence-electron chi connectivity index (χ3n) is 1.11. The van der Waals surface area contributed by atoms with Gasteiger partial charge in [0.1, 0.15) is 5.82 Å². The minimum absolute atomic E-state index is 0.269. The van der Waals surface area contributed by atoms with E-state index in [9.17, 15) is 4.79 Å². The Morgan fingerprint density at radius 3 is 2.70 bits per heavy atom. The van der Waals surface area contributed by atoms with Crippen LogP contribution in [0, 0.1) is 0 Å². The summed E-state index contributed by atoms with van der Waals surface area (Å²) in [5.74, 6) is 0.794. The van der Waals surface area contributed by atoms with E-state index in [1.54, 1.807) is 12.3 Å². The summed E-state index contributed by atoms with van der Waals surface area (Å²) in [5.41, 5.74) is -0.269. The Balaban J connectivity index is 3.07. The van der Waals surface area contributed by atoms with E-state index < -0.39 is 0 Å². The number of aromatic amines is 1. The monoisotopic (exact) mass is 171 g/mol. The van der Waals surface area contributed by atoms with Crippen molar-refractivity contribution in [1.82, 2.24) is 9.97 Å². The van der Waals surface area contributed by atoms with Crippen LogP contribution in [0.1, 0.15) is 0 Å². The Labute approximate surface area is 64.3 Å². The molecule has 0 aromatic carbocycles. The standard InChI is InChI=1S/C4H9N3OSi2/c8-4-5-2-1-3(6-4)7(9)10/h1-2H,9-10H3,(H,5,6,8). The Morgan fingerprint density at radius 1 is 1.60 bits per heavy atom. The summed E-state index contributed by atoms with van der Waals surface area (Å²) < 4.78 is 2.05. The maximum atomic E-state index is 10.6. The fraction of sp³-hybridized carbons (Fsp3) is 0. The lowest BCUT2D eigenvalue weighted by Gasteiger charge is -2.09. The third-order valence-corrected chi connectivity index (χ3v) is 2.03. The molecule has 0 amide bonds. The van der Waals surface area contributed by atoms with Gasteiger partial charge in [-0.05, 0) is 6.07 Å².